The number of nitrogens with zero attached hydrogens (tertiary/aromatic N) is 2. The Morgan fingerprint density at radius 2 is 1.97 bits per heavy atom. The van der Waals surface area contributed by atoms with E-state index >= 15 is 0 Å². The van der Waals surface area contributed by atoms with Gasteiger partial charge in [-0.1, -0.05) is 37.6 Å². The minimum atomic E-state index is -0.421. The molecule has 0 spiro atoms. The second kappa shape index (κ2) is 9.20. The maximum Gasteiger partial charge on any atom is 0.260 e. The summed E-state index contributed by atoms with van der Waals surface area (Å²) in [7, 11) is 0. The third kappa shape index (κ3) is 5.32. The zero-order valence-electron chi connectivity index (χ0n) is 18.0. The van der Waals surface area contributed by atoms with Crippen molar-refractivity contribution in [2.24, 2.45) is 5.92 Å². The van der Waals surface area contributed by atoms with Crippen LogP contribution in [0.2, 0.25) is 0 Å². The third-order valence-corrected chi connectivity index (χ3v) is 5.96. The van der Waals surface area contributed by atoms with Crippen LogP contribution < -0.4 is 5.56 Å². The van der Waals surface area contributed by atoms with E-state index in [9.17, 15) is 9.90 Å². The average Bonchev–Trinajstić information content (AvgIpc) is 3.03. The highest BCUT2D eigenvalue weighted by atomic mass is 32.1. The highest BCUT2D eigenvalue weighted by Crippen LogP contribution is 2.33. The van der Waals surface area contributed by atoms with Gasteiger partial charge < -0.3 is 10.1 Å². The first kappa shape index (κ1) is 21.7. The van der Waals surface area contributed by atoms with E-state index < -0.39 is 6.10 Å². The van der Waals surface area contributed by atoms with Crippen molar-refractivity contribution in [3.63, 3.8) is 0 Å². The molecule has 29 heavy (non-hydrogen) atoms. The number of aromatic amines is 1. The van der Waals surface area contributed by atoms with Crippen LogP contribution in [0.3, 0.4) is 0 Å². The molecule has 2 heterocycles. The quantitative estimate of drug-likeness (QED) is 0.571. The molecule has 0 aliphatic rings. The molecule has 0 amide bonds. The molecular weight excluding hydrogens is 382 g/mol. The van der Waals surface area contributed by atoms with Crippen molar-refractivity contribution in [2.45, 2.75) is 53.7 Å². The maximum absolute atomic E-state index is 12.9. The number of aryl methyl sites for hydroxylation is 2. The molecule has 5 nitrogen and oxygen atoms in total. The lowest BCUT2D eigenvalue weighted by Crippen LogP contribution is -2.33. The summed E-state index contributed by atoms with van der Waals surface area (Å²) in [5, 5.41) is 12.5. The molecular formula is C23H31N3O2S. The van der Waals surface area contributed by atoms with Gasteiger partial charge in [0.1, 0.15) is 10.7 Å². The number of rotatable bonds is 8. The standard InChI is InChI=1S/C23H31N3O2S/c1-14(2)8-9-26(11-17(5)27)12-20-24-22(28)21-19(13-29-23(21)25-20)18-7-6-15(3)10-16(18)4/h6-7,10,13-14,17,27H,8-9,11-12H2,1-5H3,(H,24,25,28)/t17-/m0/s1. The first-order valence-corrected chi connectivity index (χ1v) is 11.1. The van der Waals surface area contributed by atoms with Crippen LogP contribution in [-0.4, -0.2) is 39.2 Å². The summed E-state index contributed by atoms with van der Waals surface area (Å²) in [4.78, 5) is 23.6. The molecule has 2 N–H and O–H groups in total. The predicted octanol–water partition coefficient (Wildman–Crippen LogP) is 4.50. The molecule has 0 bridgehead atoms. The van der Waals surface area contributed by atoms with Crippen molar-refractivity contribution in [2.75, 3.05) is 13.1 Å². The van der Waals surface area contributed by atoms with E-state index in [2.05, 4.69) is 55.8 Å². The Kier molecular flexibility index (Phi) is 6.88. The van der Waals surface area contributed by atoms with Gasteiger partial charge in [0, 0.05) is 17.5 Å². The van der Waals surface area contributed by atoms with Crippen LogP contribution in [0.25, 0.3) is 21.3 Å². The van der Waals surface area contributed by atoms with Gasteiger partial charge in [-0.15, -0.1) is 11.3 Å². The summed E-state index contributed by atoms with van der Waals surface area (Å²) < 4.78 is 0. The smallest absolute Gasteiger partial charge is 0.260 e. The van der Waals surface area contributed by atoms with Crippen molar-refractivity contribution in [1.29, 1.82) is 0 Å². The van der Waals surface area contributed by atoms with E-state index in [1.165, 1.54) is 16.9 Å². The molecule has 0 radical (unpaired) electrons. The summed E-state index contributed by atoms with van der Waals surface area (Å²) in [6, 6.07) is 6.29. The van der Waals surface area contributed by atoms with Gasteiger partial charge >= 0.3 is 0 Å². The van der Waals surface area contributed by atoms with Gasteiger partial charge in [0.05, 0.1) is 18.0 Å². The van der Waals surface area contributed by atoms with Gasteiger partial charge in [0.15, 0.2) is 0 Å². The topological polar surface area (TPSA) is 69.2 Å². The highest BCUT2D eigenvalue weighted by Gasteiger charge is 2.17. The minimum absolute atomic E-state index is 0.0953. The van der Waals surface area contributed by atoms with E-state index in [4.69, 9.17) is 4.98 Å². The normalized spacial score (nSPS) is 13.0. The highest BCUT2D eigenvalue weighted by molar-refractivity contribution is 7.17. The van der Waals surface area contributed by atoms with Crippen LogP contribution in [0.4, 0.5) is 0 Å². The summed E-state index contributed by atoms with van der Waals surface area (Å²) in [6.45, 7) is 12.3. The minimum Gasteiger partial charge on any atom is -0.392 e. The number of aromatic nitrogens is 2. The number of benzene rings is 1. The van der Waals surface area contributed by atoms with E-state index in [1.54, 1.807) is 6.92 Å². The van der Waals surface area contributed by atoms with Crippen molar-refractivity contribution in [3.8, 4) is 11.1 Å². The number of H-pyrrole nitrogens is 1. The van der Waals surface area contributed by atoms with Gasteiger partial charge in [0.25, 0.3) is 5.56 Å². The summed E-state index contributed by atoms with van der Waals surface area (Å²) >= 11 is 1.51. The summed E-state index contributed by atoms with van der Waals surface area (Å²) in [5.41, 5.74) is 4.30. The molecule has 3 rings (SSSR count). The van der Waals surface area contributed by atoms with Gasteiger partial charge in [-0.05, 0) is 50.8 Å². The number of fused-ring (bicyclic) bond motifs is 1. The van der Waals surface area contributed by atoms with Crippen molar-refractivity contribution in [3.05, 3.63) is 50.9 Å². The molecule has 2 aromatic heterocycles. The first-order chi connectivity index (χ1) is 13.7. The summed E-state index contributed by atoms with van der Waals surface area (Å²) in [5.74, 6) is 1.24. The summed E-state index contributed by atoms with van der Waals surface area (Å²) in [6.07, 6.45) is 0.616. The number of aliphatic hydroxyl groups excluding tert-OH is 1. The Hall–Kier alpha value is -2.02. The number of hydrogen-bond acceptors (Lipinski definition) is 5. The second-order valence-electron chi connectivity index (χ2n) is 8.43. The molecule has 0 fully saturated rings. The van der Waals surface area contributed by atoms with E-state index in [0.717, 1.165) is 34.5 Å². The third-order valence-electron chi connectivity index (χ3n) is 5.08. The van der Waals surface area contributed by atoms with Crippen molar-refractivity contribution >= 4 is 21.6 Å². The van der Waals surface area contributed by atoms with Crippen LogP contribution in [0.1, 0.15) is 44.1 Å². The van der Waals surface area contributed by atoms with Crippen LogP contribution in [0.15, 0.2) is 28.4 Å². The van der Waals surface area contributed by atoms with E-state index in [1.807, 2.05) is 5.38 Å². The van der Waals surface area contributed by atoms with Gasteiger partial charge in [-0.25, -0.2) is 4.98 Å². The SMILES string of the molecule is Cc1ccc(-c2csc3nc(CN(CCC(C)C)C[C@H](C)O)[nH]c(=O)c23)c(C)c1. The molecule has 156 valence electrons. The molecule has 1 atom stereocenters. The molecule has 6 heteroatoms. The lowest BCUT2D eigenvalue weighted by atomic mass is 9.99. The van der Waals surface area contributed by atoms with Gasteiger partial charge in [-0.2, -0.15) is 0 Å². The fourth-order valence-electron chi connectivity index (χ4n) is 3.64. The Morgan fingerprint density at radius 1 is 1.21 bits per heavy atom. The first-order valence-electron chi connectivity index (χ1n) is 10.2. The van der Waals surface area contributed by atoms with Crippen molar-refractivity contribution < 1.29 is 5.11 Å². The molecule has 1 aromatic carbocycles. The molecule has 3 aromatic rings. The Bertz CT molecular complexity index is 1040. The number of thiophene rings is 1. The molecule has 0 saturated heterocycles. The Balaban J connectivity index is 1.93. The molecule has 0 unspecified atom stereocenters. The number of hydrogen-bond donors (Lipinski definition) is 2. The second-order valence-corrected chi connectivity index (χ2v) is 9.29. The van der Waals surface area contributed by atoms with Crippen molar-refractivity contribution in [1.82, 2.24) is 14.9 Å². The van der Waals surface area contributed by atoms with Gasteiger partial charge in [-0.3, -0.25) is 9.69 Å². The number of aliphatic hydroxyl groups is 1. The zero-order valence-corrected chi connectivity index (χ0v) is 18.8. The van der Waals surface area contributed by atoms with Crippen LogP contribution >= 0.6 is 11.3 Å². The van der Waals surface area contributed by atoms with E-state index in [0.29, 0.717) is 30.2 Å². The Labute approximate surface area is 176 Å². The van der Waals surface area contributed by atoms with Crippen LogP contribution in [-0.2, 0) is 6.54 Å². The molecule has 0 aliphatic heterocycles. The zero-order chi connectivity index (χ0) is 21.1. The lowest BCUT2D eigenvalue weighted by Gasteiger charge is -2.24. The predicted molar refractivity (Wildman–Crippen MR) is 122 cm³/mol. The lowest BCUT2D eigenvalue weighted by molar-refractivity contribution is 0.117. The number of nitrogens with one attached hydrogen (secondary N) is 1. The van der Waals surface area contributed by atoms with Crippen LogP contribution in [0.5, 0.6) is 0 Å². The average molecular weight is 414 g/mol. The largest absolute Gasteiger partial charge is 0.392 e. The maximum atomic E-state index is 12.9. The Morgan fingerprint density at radius 3 is 2.62 bits per heavy atom. The fraction of sp³-hybridized carbons (Fsp3) is 0.478. The van der Waals surface area contributed by atoms with Gasteiger partial charge in [0.2, 0.25) is 0 Å². The fourth-order valence-corrected chi connectivity index (χ4v) is 4.60. The van der Waals surface area contributed by atoms with E-state index in [-0.39, 0.29) is 5.56 Å². The molecule has 0 saturated carbocycles. The van der Waals surface area contributed by atoms with Crippen LogP contribution in [0, 0.1) is 19.8 Å². The monoisotopic (exact) mass is 413 g/mol. The molecule has 0 aliphatic carbocycles.